The van der Waals surface area contributed by atoms with E-state index in [0.717, 1.165) is 36.2 Å². The van der Waals surface area contributed by atoms with E-state index in [1.807, 2.05) is 19.1 Å². The van der Waals surface area contributed by atoms with Crippen molar-refractivity contribution in [3.05, 3.63) is 47.9 Å². The molecule has 0 aliphatic carbocycles. The van der Waals surface area contributed by atoms with Crippen LogP contribution in [0.15, 0.2) is 41.1 Å². The highest BCUT2D eigenvalue weighted by Gasteiger charge is 2.21. The molecule has 1 aliphatic heterocycles. The normalized spacial score (nSPS) is 15.9. The van der Waals surface area contributed by atoms with Gasteiger partial charge in [0.15, 0.2) is 0 Å². The molecule has 0 atom stereocenters. The van der Waals surface area contributed by atoms with E-state index in [4.69, 9.17) is 11.6 Å². The summed E-state index contributed by atoms with van der Waals surface area (Å²) < 4.78 is 2.26. The number of allylic oxidation sites excluding steroid dienone is 3. The molecule has 3 nitrogen and oxygen atoms in total. The molecule has 0 saturated heterocycles. The van der Waals surface area contributed by atoms with Crippen LogP contribution in [-0.4, -0.2) is 23.0 Å². The molecule has 0 saturated carbocycles. The second kappa shape index (κ2) is 7.23. The summed E-state index contributed by atoms with van der Waals surface area (Å²) in [6.07, 6.45) is 11.9. The first-order valence-corrected chi connectivity index (χ1v) is 7.53. The summed E-state index contributed by atoms with van der Waals surface area (Å²) in [6, 6.07) is 0.216. The van der Waals surface area contributed by atoms with E-state index in [2.05, 4.69) is 40.1 Å². The van der Waals surface area contributed by atoms with Crippen molar-refractivity contribution in [3.63, 3.8) is 0 Å². The van der Waals surface area contributed by atoms with Crippen LogP contribution in [0.1, 0.15) is 36.6 Å². The second-order valence-electron chi connectivity index (χ2n) is 4.87. The Labute approximate surface area is 131 Å². The van der Waals surface area contributed by atoms with Gasteiger partial charge in [0.2, 0.25) is 0 Å². The number of hydrogen-bond acceptors (Lipinski definition) is 2. The van der Waals surface area contributed by atoms with Gasteiger partial charge in [-0.3, -0.25) is 9.98 Å². The van der Waals surface area contributed by atoms with E-state index < -0.39 is 0 Å². The van der Waals surface area contributed by atoms with Gasteiger partial charge in [-0.25, -0.2) is 0 Å². The van der Waals surface area contributed by atoms with Gasteiger partial charge in [0.25, 0.3) is 0 Å². The van der Waals surface area contributed by atoms with Crippen LogP contribution in [0.5, 0.6) is 0 Å². The maximum absolute atomic E-state index is 5.80. The van der Waals surface area contributed by atoms with Crippen molar-refractivity contribution in [3.8, 4) is 0 Å². The molecular formula is C17H20ClN3. The lowest BCUT2D eigenvalue weighted by Gasteiger charge is -2.18. The number of hydrogen-bond donors (Lipinski definition) is 0. The molecule has 0 aromatic carbocycles. The summed E-state index contributed by atoms with van der Waals surface area (Å²) in [4.78, 5) is 8.13. The van der Waals surface area contributed by atoms with Crippen molar-refractivity contribution in [2.45, 2.75) is 26.3 Å². The molecule has 21 heavy (non-hydrogen) atoms. The van der Waals surface area contributed by atoms with Gasteiger partial charge < -0.3 is 4.57 Å². The zero-order chi connectivity index (χ0) is 15.2. The second-order valence-corrected chi connectivity index (χ2v) is 5.11. The Hall–Kier alpha value is -1.87. The minimum atomic E-state index is 0.216. The van der Waals surface area contributed by atoms with Crippen molar-refractivity contribution < 1.29 is 0 Å². The van der Waals surface area contributed by atoms with Crippen molar-refractivity contribution in [1.29, 1.82) is 0 Å². The molecule has 2 heterocycles. The van der Waals surface area contributed by atoms with E-state index in [9.17, 15) is 0 Å². The molecule has 4 heteroatoms. The number of nitrogens with zero attached hydrogens (tertiary/aromatic N) is 3. The highest BCUT2D eigenvalue weighted by molar-refractivity contribution is 6.20. The fourth-order valence-electron chi connectivity index (χ4n) is 2.68. The summed E-state index contributed by atoms with van der Waals surface area (Å²) in [5, 5.41) is 0. The Balaban J connectivity index is 2.62. The maximum Gasteiger partial charge on any atom is 0.114 e. The van der Waals surface area contributed by atoms with Crippen LogP contribution < -0.4 is 0 Å². The Morgan fingerprint density at radius 1 is 1.52 bits per heavy atom. The lowest BCUT2D eigenvalue weighted by Crippen LogP contribution is -2.07. The molecule has 0 spiro atoms. The number of fused-ring (bicyclic) bond motifs is 1. The first-order valence-electron chi connectivity index (χ1n) is 7.00. The number of aromatic nitrogens is 1. The number of alkyl halides is 1. The largest absolute Gasteiger partial charge is 0.347 e. The fourth-order valence-corrected chi connectivity index (χ4v) is 2.81. The molecule has 0 N–H and O–H groups in total. The molecule has 1 aromatic heterocycles. The van der Waals surface area contributed by atoms with Gasteiger partial charge in [0.05, 0.1) is 11.4 Å². The SMILES string of the molecule is C=N/C=C\C(=NCCl)c1cn2c(c1/C=C\C)C(=C)CCC2. The van der Waals surface area contributed by atoms with Crippen molar-refractivity contribution in [2.75, 3.05) is 6.00 Å². The van der Waals surface area contributed by atoms with E-state index in [1.165, 1.54) is 11.3 Å². The molecule has 0 unspecified atom stereocenters. The van der Waals surface area contributed by atoms with E-state index in [-0.39, 0.29) is 6.00 Å². The van der Waals surface area contributed by atoms with Crippen LogP contribution in [0.2, 0.25) is 0 Å². The van der Waals surface area contributed by atoms with Gasteiger partial charge in [-0.1, -0.05) is 18.7 Å². The highest BCUT2D eigenvalue weighted by Crippen LogP contribution is 2.32. The first-order chi connectivity index (χ1) is 10.2. The Kier molecular flexibility index (Phi) is 5.34. The van der Waals surface area contributed by atoms with Crippen LogP contribution in [0.4, 0.5) is 0 Å². The summed E-state index contributed by atoms with van der Waals surface area (Å²) in [7, 11) is 0. The quantitative estimate of drug-likeness (QED) is 0.434. The number of aliphatic imine (C=N–C) groups is 2. The molecular weight excluding hydrogens is 282 g/mol. The monoisotopic (exact) mass is 301 g/mol. The number of halogens is 1. The average Bonchev–Trinajstić information content (AvgIpc) is 2.84. The molecule has 2 rings (SSSR count). The van der Waals surface area contributed by atoms with Gasteiger partial charge in [-0.2, -0.15) is 0 Å². The topological polar surface area (TPSA) is 29.6 Å². The minimum Gasteiger partial charge on any atom is -0.347 e. The van der Waals surface area contributed by atoms with Crippen molar-refractivity contribution in [2.24, 2.45) is 9.98 Å². The van der Waals surface area contributed by atoms with Gasteiger partial charge in [0, 0.05) is 30.1 Å². The molecule has 0 bridgehead atoms. The average molecular weight is 302 g/mol. The van der Waals surface area contributed by atoms with E-state index >= 15 is 0 Å². The molecule has 0 fully saturated rings. The van der Waals surface area contributed by atoms with Crippen LogP contribution in [-0.2, 0) is 6.54 Å². The third kappa shape index (κ3) is 3.24. The van der Waals surface area contributed by atoms with Crippen LogP contribution >= 0.6 is 11.6 Å². The van der Waals surface area contributed by atoms with Crippen LogP contribution in [0.25, 0.3) is 11.6 Å². The summed E-state index contributed by atoms with van der Waals surface area (Å²) in [5.74, 6) is 0. The lowest BCUT2D eigenvalue weighted by atomic mass is 9.98. The van der Waals surface area contributed by atoms with Gasteiger partial charge in [-0.05, 0) is 38.1 Å². The zero-order valence-electron chi connectivity index (χ0n) is 12.3. The van der Waals surface area contributed by atoms with Crippen LogP contribution in [0, 0.1) is 0 Å². The molecule has 0 radical (unpaired) electrons. The first kappa shape index (κ1) is 15.5. The standard InChI is InChI=1S/C17H20ClN3/c1-4-6-14-15(16(20-12-18)8-9-19-3)11-21-10-5-7-13(2)17(14)21/h4,6,8-9,11H,2-3,5,7,10,12H2,1H3/b6-4-,9-8-,20-16?. The molecule has 110 valence electrons. The number of rotatable bonds is 5. The van der Waals surface area contributed by atoms with Gasteiger partial charge >= 0.3 is 0 Å². The Morgan fingerprint density at radius 3 is 3.00 bits per heavy atom. The Bertz CT molecular complexity index is 633. The molecule has 0 amide bonds. The summed E-state index contributed by atoms with van der Waals surface area (Å²) in [6.45, 7) is 10.7. The van der Waals surface area contributed by atoms with Crippen LogP contribution in [0.3, 0.4) is 0 Å². The highest BCUT2D eigenvalue weighted by atomic mass is 35.5. The summed E-state index contributed by atoms with van der Waals surface area (Å²) >= 11 is 5.80. The fraction of sp³-hybridized carbons (Fsp3) is 0.294. The predicted octanol–water partition coefficient (Wildman–Crippen LogP) is 4.53. The summed E-state index contributed by atoms with van der Waals surface area (Å²) in [5.41, 5.74) is 5.42. The lowest BCUT2D eigenvalue weighted by molar-refractivity contribution is 0.620. The predicted molar refractivity (Wildman–Crippen MR) is 93.4 cm³/mol. The minimum absolute atomic E-state index is 0.216. The third-order valence-corrected chi connectivity index (χ3v) is 3.63. The van der Waals surface area contributed by atoms with E-state index in [0.29, 0.717) is 0 Å². The van der Waals surface area contributed by atoms with Crippen molar-refractivity contribution in [1.82, 2.24) is 4.57 Å². The zero-order valence-corrected chi connectivity index (χ0v) is 13.1. The smallest absolute Gasteiger partial charge is 0.114 e. The van der Waals surface area contributed by atoms with Gasteiger partial charge in [0.1, 0.15) is 6.00 Å². The maximum atomic E-state index is 5.80. The Morgan fingerprint density at radius 2 is 2.33 bits per heavy atom. The van der Waals surface area contributed by atoms with Gasteiger partial charge in [-0.15, -0.1) is 11.6 Å². The van der Waals surface area contributed by atoms with Crippen molar-refractivity contribution >= 4 is 35.7 Å². The molecule has 1 aromatic rings. The van der Waals surface area contributed by atoms with E-state index in [1.54, 1.807) is 6.20 Å². The number of aryl methyl sites for hydroxylation is 1. The molecule has 1 aliphatic rings. The third-order valence-electron chi connectivity index (χ3n) is 3.51.